The van der Waals surface area contributed by atoms with Crippen molar-refractivity contribution < 1.29 is 13.2 Å². The molecule has 1 aliphatic rings. The molecule has 2 unspecified atom stereocenters. The molecule has 2 aromatic rings. The Labute approximate surface area is 138 Å². The zero-order chi connectivity index (χ0) is 17.3. The van der Waals surface area contributed by atoms with Gasteiger partial charge in [-0.1, -0.05) is 30.3 Å². The van der Waals surface area contributed by atoms with Gasteiger partial charge < -0.3 is 10.2 Å². The topological polar surface area (TPSA) is 41.1 Å². The highest BCUT2D eigenvalue weighted by molar-refractivity contribution is 5.69. The molecule has 1 N–H and O–H groups in total. The van der Waals surface area contributed by atoms with Crippen LogP contribution in [-0.4, -0.2) is 35.4 Å². The fourth-order valence-electron chi connectivity index (χ4n) is 3.10. The van der Waals surface area contributed by atoms with Crippen molar-refractivity contribution in [2.24, 2.45) is 0 Å². The van der Waals surface area contributed by atoms with Crippen molar-refractivity contribution in [3.05, 3.63) is 42.1 Å². The Morgan fingerprint density at radius 3 is 2.25 bits per heavy atom. The molecule has 0 saturated carbocycles. The first-order valence-electron chi connectivity index (χ1n) is 7.86. The third-order valence-electron chi connectivity index (χ3n) is 4.02. The molecule has 1 saturated heterocycles. The lowest BCUT2D eigenvalue weighted by Crippen LogP contribution is -2.54. The number of alkyl halides is 3. The van der Waals surface area contributed by atoms with Gasteiger partial charge in [-0.05, 0) is 25.5 Å². The van der Waals surface area contributed by atoms with E-state index < -0.39 is 11.9 Å². The third-order valence-corrected chi connectivity index (χ3v) is 4.02. The molecule has 24 heavy (non-hydrogen) atoms. The predicted octanol–water partition coefficient (Wildman–Crippen LogP) is 3.35. The summed E-state index contributed by atoms with van der Waals surface area (Å²) in [5, 5.41) is 10.8. The summed E-state index contributed by atoms with van der Waals surface area (Å²) in [7, 11) is 0. The van der Waals surface area contributed by atoms with Crippen molar-refractivity contribution in [3.63, 3.8) is 0 Å². The molecule has 1 fully saturated rings. The SMILES string of the molecule is CC1CN(c2cc(-c3ccccc3)c(C(F)(F)F)nn2)CC(C)N1. The van der Waals surface area contributed by atoms with E-state index in [2.05, 4.69) is 15.5 Å². The van der Waals surface area contributed by atoms with Gasteiger partial charge in [-0.3, -0.25) is 0 Å². The Hall–Kier alpha value is -2.15. The Balaban J connectivity index is 2.05. The van der Waals surface area contributed by atoms with Crippen LogP contribution in [0.15, 0.2) is 36.4 Å². The highest BCUT2D eigenvalue weighted by atomic mass is 19.4. The fraction of sp³-hybridized carbons (Fsp3) is 0.412. The summed E-state index contributed by atoms with van der Waals surface area (Å²) >= 11 is 0. The van der Waals surface area contributed by atoms with E-state index >= 15 is 0 Å². The van der Waals surface area contributed by atoms with Crippen LogP contribution in [0.2, 0.25) is 0 Å². The molecule has 7 heteroatoms. The Morgan fingerprint density at radius 2 is 1.67 bits per heavy atom. The predicted molar refractivity (Wildman–Crippen MR) is 86.7 cm³/mol. The van der Waals surface area contributed by atoms with Gasteiger partial charge in [-0.2, -0.15) is 13.2 Å². The molecule has 128 valence electrons. The lowest BCUT2D eigenvalue weighted by molar-refractivity contribution is -0.141. The number of nitrogens with zero attached hydrogens (tertiary/aromatic N) is 3. The van der Waals surface area contributed by atoms with Crippen LogP contribution in [0, 0.1) is 0 Å². The summed E-state index contributed by atoms with van der Waals surface area (Å²) in [5.74, 6) is 0.474. The third kappa shape index (κ3) is 3.51. The van der Waals surface area contributed by atoms with Crippen LogP contribution in [0.3, 0.4) is 0 Å². The summed E-state index contributed by atoms with van der Waals surface area (Å²) in [6.07, 6.45) is -4.54. The molecule has 2 atom stereocenters. The quantitative estimate of drug-likeness (QED) is 0.913. The zero-order valence-electron chi connectivity index (χ0n) is 13.5. The number of anilines is 1. The van der Waals surface area contributed by atoms with Crippen LogP contribution in [0.5, 0.6) is 0 Å². The van der Waals surface area contributed by atoms with E-state index in [1.807, 2.05) is 18.7 Å². The molecule has 4 nitrogen and oxygen atoms in total. The monoisotopic (exact) mass is 336 g/mol. The average Bonchev–Trinajstić information content (AvgIpc) is 2.53. The number of benzene rings is 1. The molecule has 2 heterocycles. The molecule has 0 aliphatic carbocycles. The second kappa shape index (κ2) is 6.39. The van der Waals surface area contributed by atoms with E-state index in [1.54, 1.807) is 30.3 Å². The van der Waals surface area contributed by atoms with Gasteiger partial charge in [0.05, 0.1) is 0 Å². The minimum absolute atomic E-state index is 0.0620. The number of piperazine rings is 1. The van der Waals surface area contributed by atoms with Crippen molar-refractivity contribution in [1.29, 1.82) is 0 Å². The van der Waals surface area contributed by atoms with E-state index in [0.717, 1.165) is 0 Å². The van der Waals surface area contributed by atoms with Crippen molar-refractivity contribution in [2.75, 3.05) is 18.0 Å². The van der Waals surface area contributed by atoms with Crippen molar-refractivity contribution >= 4 is 5.82 Å². The number of hydrogen-bond acceptors (Lipinski definition) is 4. The van der Waals surface area contributed by atoms with Crippen molar-refractivity contribution in [2.45, 2.75) is 32.1 Å². The van der Waals surface area contributed by atoms with Crippen LogP contribution < -0.4 is 10.2 Å². The van der Waals surface area contributed by atoms with E-state index in [9.17, 15) is 13.2 Å². The summed E-state index contributed by atoms with van der Waals surface area (Å²) in [6.45, 7) is 5.44. The summed E-state index contributed by atoms with van der Waals surface area (Å²) in [4.78, 5) is 1.98. The lowest BCUT2D eigenvalue weighted by Gasteiger charge is -2.36. The normalized spacial score (nSPS) is 21.8. The van der Waals surface area contributed by atoms with Crippen molar-refractivity contribution in [1.82, 2.24) is 15.5 Å². The zero-order valence-corrected chi connectivity index (χ0v) is 13.5. The van der Waals surface area contributed by atoms with Crippen LogP contribution in [0.25, 0.3) is 11.1 Å². The maximum absolute atomic E-state index is 13.3. The average molecular weight is 336 g/mol. The standard InChI is InChI=1S/C17H19F3N4/c1-11-9-24(10-12(2)21-11)15-8-14(13-6-4-3-5-7-13)16(23-22-15)17(18,19)20/h3-8,11-12,21H,9-10H2,1-2H3. The highest BCUT2D eigenvalue weighted by Crippen LogP contribution is 2.36. The molecule has 3 rings (SSSR count). The largest absolute Gasteiger partial charge is 0.435 e. The number of halogens is 3. The minimum atomic E-state index is -4.54. The molecule has 1 aliphatic heterocycles. The number of hydrogen-bond donors (Lipinski definition) is 1. The number of rotatable bonds is 2. The minimum Gasteiger partial charge on any atom is -0.352 e. The first-order chi connectivity index (χ1) is 11.3. The maximum atomic E-state index is 13.3. The van der Waals surface area contributed by atoms with E-state index in [-0.39, 0.29) is 17.6 Å². The van der Waals surface area contributed by atoms with Gasteiger partial charge in [0.15, 0.2) is 11.5 Å². The van der Waals surface area contributed by atoms with Gasteiger partial charge in [0.25, 0.3) is 0 Å². The van der Waals surface area contributed by atoms with Gasteiger partial charge in [0, 0.05) is 30.7 Å². The van der Waals surface area contributed by atoms with Gasteiger partial charge >= 0.3 is 6.18 Å². The first-order valence-corrected chi connectivity index (χ1v) is 7.86. The summed E-state index contributed by atoms with van der Waals surface area (Å²) < 4.78 is 39.9. The van der Waals surface area contributed by atoms with Gasteiger partial charge in [0.1, 0.15) is 0 Å². The van der Waals surface area contributed by atoms with E-state index in [0.29, 0.717) is 24.5 Å². The molecular formula is C17H19F3N4. The van der Waals surface area contributed by atoms with Gasteiger partial charge in [-0.15, -0.1) is 10.2 Å². The molecule has 0 radical (unpaired) electrons. The van der Waals surface area contributed by atoms with Gasteiger partial charge in [0.2, 0.25) is 0 Å². The number of aromatic nitrogens is 2. The lowest BCUT2D eigenvalue weighted by atomic mass is 10.0. The molecule has 0 amide bonds. The van der Waals surface area contributed by atoms with Crippen LogP contribution in [-0.2, 0) is 6.18 Å². The van der Waals surface area contributed by atoms with E-state index in [1.165, 1.54) is 6.07 Å². The Kier molecular flexibility index (Phi) is 4.45. The smallest absolute Gasteiger partial charge is 0.352 e. The van der Waals surface area contributed by atoms with E-state index in [4.69, 9.17) is 0 Å². The molecule has 0 spiro atoms. The van der Waals surface area contributed by atoms with Crippen LogP contribution >= 0.6 is 0 Å². The summed E-state index contributed by atoms with van der Waals surface area (Å²) in [5.41, 5.74) is -0.405. The number of nitrogens with one attached hydrogen (secondary N) is 1. The first kappa shape index (κ1) is 16.7. The molecule has 1 aromatic carbocycles. The second-order valence-electron chi connectivity index (χ2n) is 6.20. The van der Waals surface area contributed by atoms with Crippen molar-refractivity contribution in [3.8, 4) is 11.1 Å². The Morgan fingerprint density at radius 1 is 1.04 bits per heavy atom. The maximum Gasteiger partial charge on any atom is 0.435 e. The molecular weight excluding hydrogens is 317 g/mol. The second-order valence-corrected chi connectivity index (χ2v) is 6.20. The molecule has 1 aromatic heterocycles. The summed E-state index contributed by atoms with van der Waals surface area (Å²) in [6, 6.07) is 10.5. The van der Waals surface area contributed by atoms with Crippen LogP contribution in [0.1, 0.15) is 19.5 Å². The van der Waals surface area contributed by atoms with Gasteiger partial charge in [-0.25, -0.2) is 0 Å². The highest BCUT2D eigenvalue weighted by Gasteiger charge is 2.37. The Bertz CT molecular complexity index is 693. The van der Waals surface area contributed by atoms with Crippen LogP contribution in [0.4, 0.5) is 19.0 Å². The fourth-order valence-corrected chi connectivity index (χ4v) is 3.10. The molecule has 0 bridgehead atoms.